The van der Waals surface area contributed by atoms with Crippen LogP contribution in [0.1, 0.15) is 25.3 Å². The SMILES string of the molecule is C=CC(=O)Nc1cccc(-c2cccc3cnc(Nc4ccc(CC5CCN(C(C)=O)CC5)cc4)nc23)c1. The third kappa shape index (κ3) is 5.89. The standard InChI is InChI=1S/C31H31N5O2/c1-3-29(38)33-27-8-4-6-24(19-27)28-9-5-7-25-20-32-31(35-30(25)28)34-26-12-10-22(11-13-26)18-23-14-16-36(17-15-23)21(2)37/h3-13,19-20,23H,1,14-18H2,2H3,(H,33,38)(H,32,34,35). The molecule has 0 unspecified atom stereocenters. The van der Waals surface area contributed by atoms with E-state index in [-0.39, 0.29) is 11.8 Å². The predicted molar refractivity (Wildman–Crippen MR) is 152 cm³/mol. The molecule has 5 rings (SSSR count). The second kappa shape index (κ2) is 11.3. The summed E-state index contributed by atoms with van der Waals surface area (Å²) < 4.78 is 0. The largest absolute Gasteiger partial charge is 0.343 e. The van der Waals surface area contributed by atoms with Gasteiger partial charge in [-0.1, -0.05) is 49.0 Å². The predicted octanol–water partition coefficient (Wildman–Crippen LogP) is 5.97. The molecule has 7 heteroatoms. The average molecular weight is 506 g/mol. The Morgan fingerprint density at radius 3 is 2.53 bits per heavy atom. The zero-order valence-electron chi connectivity index (χ0n) is 21.5. The number of rotatable bonds is 7. The Kier molecular flexibility index (Phi) is 7.45. The van der Waals surface area contributed by atoms with E-state index in [4.69, 9.17) is 4.98 Å². The van der Waals surface area contributed by atoms with Crippen molar-refractivity contribution in [3.05, 3.63) is 91.1 Å². The van der Waals surface area contributed by atoms with Crippen molar-refractivity contribution in [2.45, 2.75) is 26.2 Å². The molecule has 192 valence electrons. The molecule has 0 spiro atoms. The molecule has 38 heavy (non-hydrogen) atoms. The van der Waals surface area contributed by atoms with Crippen molar-refractivity contribution >= 4 is 40.0 Å². The van der Waals surface area contributed by atoms with Gasteiger partial charge in [0, 0.05) is 48.5 Å². The fraction of sp³-hybridized carbons (Fsp3) is 0.226. The van der Waals surface area contributed by atoms with E-state index in [1.54, 1.807) is 6.92 Å². The second-order valence-corrected chi connectivity index (χ2v) is 9.69. The first-order chi connectivity index (χ1) is 18.5. The number of piperidine rings is 1. The first kappa shape index (κ1) is 25.1. The number of para-hydroxylation sites is 1. The zero-order chi connectivity index (χ0) is 26.5. The Labute approximate surface area is 222 Å². The van der Waals surface area contributed by atoms with Gasteiger partial charge < -0.3 is 15.5 Å². The van der Waals surface area contributed by atoms with Crippen LogP contribution in [0, 0.1) is 5.92 Å². The maximum atomic E-state index is 11.7. The van der Waals surface area contributed by atoms with Gasteiger partial charge in [-0.2, -0.15) is 0 Å². The summed E-state index contributed by atoms with van der Waals surface area (Å²) in [5.74, 6) is 1.05. The Balaban J connectivity index is 1.31. The molecule has 3 aromatic carbocycles. The number of aromatic nitrogens is 2. The summed E-state index contributed by atoms with van der Waals surface area (Å²) in [6.45, 7) is 6.87. The van der Waals surface area contributed by atoms with Crippen LogP contribution in [0.15, 0.2) is 85.6 Å². The molecule has 1 saturated heterocycles. The number of carbonyl (C=O) groups is 2. The Morgan fingerprint density at radius 2 is 1.79 bits per heavy atom. The molecule has 1 aromatic heterocycles. The Hall–Kier alpha value is -4.52. The fourth-order valence-corrected chi connectivity index (χ4v) is 4.95. The van der Waals surface area contributed by atoms with Crippen molar-refractivity contribution in [2.75, 3.05) is 23.7 Å². The monoisotopic (exact) mass is 505 g/mol. The normalized spacial score (nSPS) is 13.8. The van der Waals surface area contributed by atoms with Crippen LogP contribution < -0.4 is 10.6 Å². The highest BCUT2D eigenvalue weighted by Gasteiger charge is 2.20. The number of hydrogen-bond acceptors (Lipinski definition) is 5. The van der Waals surface area contributed by atoms with E-state index in [0.717, 1.165) is 60.1 Å². The van der Waals surface area contributed by atoms with Crippen molar-refractivity contribution in [3.8, 4) is 11.1 Å². The second-order valence-electron chi connectivity index (χ2n) is 9.69. The maximum Gasteiger partial charge on any atom is 0.247 e. The number of anilines is 3. The third-order valence-electron chi connectivity index (χ3n) is 7.03. The van der Waals surface area contributed by atoms with E-state index >= 15 is 0 Å². The molecular weight excluding hydrogens is 474 g/mol. The number of fused-ring (bicyclic) bond motifs is 1. The van der Waals surface area contributed by atoms with E-state index in [2.05, 4.69) is 46.5 Å². The van der Waals surface area contributed by atoms with E-state index in [1.165, 1.54) is 11.6 Å². The van der Waals surface area contributed by atoms with Gasteiger partial charge in [-0.15, -0.1) is 0 Å². The first-order valence-electron chi connectivity index (χ1n) is 12.9. The molecule has 2 heterocycles. The maximum absolute atomic E-state index is 11.7. The van der Waals surface area contributed by atoms with Gasteiger partial charge in [-0.05, 0) is 66.6 Å². The van der Waals surface area contributed by atoms with Gasteiger partial charge in [0.15, 0.2) is 0 Å². The summed E-state index contributed by atoms with van der Waals surface area (Å²) in [5.41, 5.74) is 5.63. The number of nitrogens with one attached hydrogen (secondary N) is 2. The molecule has 1 fully saturated rings. The number of likely N-dealkylation sites (tertiary alicyclic amines) is 1. The number of benzene rings is 3. The summed E-state index contributed by atoms with van der Waals surface area (Å²) in [5, 5.41) is 7.08. The lowest BCUT2D eigenvalue weighted by Gasteiger charge is -2.31. The first-order valence-corrected chi connectivity index (χ1v) is 12.9. The number of nitrogens with zero attached hydrogens (tertiary/aromatic N) is 3. The van der Waals surface area contributed by atoms with Gasteiger partial charge in [-0.25, -0.2) is 9.97 Å². The molecule has 0 bridgehead atoms. The molecular formula is C31H31N5O2. The van der Waals surface area contributed by atoms with Crippen molar-refractivity contribution in [3.63, 3.8) is 0 Å². The summed E-state index contributed by atoms with van der Waals surface area (Å²) in [6, 6.07) is 22.1. The summed E-state index contributed by atoms with van der Waals surface area (Å²) in [6.07, 6.45) is 6.20. The van der Waals surface area contributed by atoms with Gasteiger partial charge in [0.25, 0.3) is 0 Å². The minimum Gasteiger partial charge on any atom is -0.343 e. The summed E-state index contributed by atoms with van der Waals surface area (Å²) in [4.78, 5) is 34.6. The van der Waals surface area contributed by atoms with Crippen LogP contribution in [-0.2, 0) is 16.0 Å². The fourth-order valence-electron chi connectivity index (χ4n) is 4.95. The Morgan fingerprint density at radius 1 is 1.03 bits per heavy atom. The lowest BCUT2D eigenvalue weighted by Crippen LogP contribution is -2.37. The van der Waals surface area contributed by atoms with Crippen molar-refractivity contribution < 1.29 is 9.59 Å². The van der Waals surface area contributed by atoms with Crippen LogP contribution in [-0.4, -0.2) is 39.8 Å². The van der Waals surface area contributed by atoms with Gasteiger partial charge in [0.05, 0.1) is 5.52 Å². The van der Waals surface area contributed by atoms with Crippen molar-refractivity contribution in [1.82, 2.24) is 14.9 Å². The molecule has 0 aliphatic carbocycles. The number of hydrogen-bond donors (Lipinski definition) is 2. The average Bonchev–Trinajstić information content (AvgIpc) is 2.94. The molecule has 2 N–H and O–H groups in total. The quantitative estimate of drug-likeness (QED) is 0.302. The zero-order valence-corrected chi connectivity index (χ0v) is 21.5. The lowest BCUT2D eigenvalue weighted by molar-refractivity contribution is -0.130. The van der Waals surface area contributed by atoms with Gasteiger partial charge >= 0.3 is 0 Å². The van der Waals surface area contributed by atoms with Crippen LogP contribution in [0.5, 0.6) is 0 Å². The van der Waals surface area contributed by atoms with Crippen LogP contribution in [0.3, 0.4) is 0 Å². The highest BCUT2D eigenvalue weighted by atomic mass is 16.2. The van der Waals surface area contributed by atoms with Gasteiger partial charge in [0.1, 0.15) is 0 Å². The smallest absolute Gasteiger partial charge is 0.247 e. The van der Waals surface area contributed by atoms with Crippen LogP contribution in [0.25, 0.3) is 22.0 Å². The van der Waals surface area contributed by atoms with Crippen LogP contribution in [0.2, 0.25) is 0 Å². The highest BCUT2D eigenvalue weighted by Crippen LogP contribution is 2.30. The van der Waals surface area contributed by atoms with Crippen molar-refractivity contribution in [2.24, 2.45) is 5.92 Å². The molecule has 2 amide bonds. The molecule has 0 radical (unpaired) electrons. The van der Waals surface area contributed by atoms with Gasteiger partial charge in [0.2, 0.25) is 17.8 Å². The van der Waals surface area contributed by atoms with E-state index in [0.29, 0.717) is 17.6 Å². The minimum absolute atomic E-state index is 0.174. The molecule has 0 atom stereocenters. The van der Waals surface area contributed by atoms with Gasteiger partial charge in [-0.3, -0.25) is 9.59 Å². The molecule has 4 aromatic rings. The number of amides is 2. The van der Waals surface area contributed by atoms with E-state index in [9.17, 15) is 9.59 Å². The summed E-state index contributed by atoms with van der Waals surface area (Å²) in [7, 11) is 0. The molecule has 1 aliphatic rings. The van der Waals surface area contributed by atoms with Crippen LogP contribution >= 0.6 is 0 Å². The van der Waals surface area contributed by atoms with Crippen molar-refractivity contribution in [1.29, 1.82) is 0 Å². The number of carbonyl (C=O) groups excluding carboxylic acids is 2. The van der Waals surface area contributed by atoms with Crippen LogP contribution in [0.4, 0.5) is 17.3 Å². The molecule has 0 saturated carbocycles. The highest BCUT2D eigenvalue weighted by molar-refractivity contribution is 6.00. The topological polar surface area (TPSA) is 87.2 Å². The summed E-state index contributed by atoms with van der Waals surface area (Å²) >= 11 is 0. The van der Waals surface area contributed by atoms with E-state index < -0.39 is 0 Å². The third-order valence-corrected chi connectivity index (χ3v) is 7.03. The molecule has 1 aliphatic heterocycles. The Bertz CT molecular complexity index is 1470. The minimum atomic E-state index is -0.252. The van der Waals surface area contributed by atoms with E-state index in [1.807, 2.05) is 53.6 Å². The molecule has 7 nitrogen and oxygen atoms in total. The lowest BCUT2D eigenvalue weighted by atomic mass is 9.90.